The van der Waals surface area contributed by atoms with Crippen LogP contribution in [0.3, 0.4) is 0 Å². The van der Waals surface area contributed by atoms with Crippen molar-refractivity contribution in [2.24, 2.45) is 0 Å². The van der Waals surface area contributed by atoms with E-state index >= 15 is 0 Å². The largest absolute Gasteiger partial charge is 0.416 e. The molecule has 0 spiro atoms. The Kier molecular flexibility index (Phi) is 6.27. The van der Waals surface area contributed by atoms with Crippen molar-refractivity contribution < 1.29 is 22.8 Å². The quantitative estimate of drug-likeness (QED) is 0.684. The molecule has 1 aliphatic heterocycles. The summed E-state index contributed by atoms with van der Waals surface area (Å²) in [7, 11) is 0. The van der Waals surface area contributed by atoms with Crippen LogP contribution in [0, 0.1) is 0 Å². The number of alkyl halides is 3. The van der Waals surface area contributed by atoms with Crippen LogP contribution in [0.2, 0.25) is 5.02 Å². The number of halogens is 4. The average molecular weight is 423 g/mol. The standard InChI is InChI=1S/C21H18ClF3N2O2/c22-18-9-6-16(21(23,24)25)13-15(18)5-10-19(28)26-17-7-3-14(4-8-17)20(29)27-11-1-2-12-27/h3-10,13H,1-2,11-12H2,(H,26,28)/b10-5+. The zero-order valence-electron chi connectivity index (χ0n) is 15.3. The fourth-order valence-electron chi connectivity index (χ4n) is 3.00. The molecule has 1 saturated heterocycles. The van der Waals surface area contributed by atoms with E-state index in [0.29, 0.717) is 11.3 Å². The summed E-state index contributed by atoms with van der Waals surface area (Å²) in [5.41, 5.74) is 0.243. The minimum atomic E-state index is -4.50. The molecule has 0 saturated carbocycles. The Balaban J connectivity index is 1.64. The van der Waals surface area contributed by atoms with Crippen LogP contribution in [-0.4, -0.2) is 29.8 Å². The molecular formula is C21H18ClF3N2O2. The topological polar surface area (TPSA) is 49.4 Å². The highest BCUT2D eigenvalue weighted by atomic mass is 35.5. The zero-order chi connectivity index (χ0) is 21.0. The van der Waals surface area contributed by atoms with Gasteiger partial charge in [-0.1, -0.05) is 11.6 Å². The molecule has 3 rings (SSSR count). The Hall–Kier alpha value is -2.80. The van der Waals surface area contributed by atoms with Crippen molar-refractivity contribution in [3.63, 3.8) is 0 Å². The van der Waals surface area contributed by atoms with E-state index in [9.17, 15) is 22.8 Å². The molecule has 152 valence electrons. The van der Waals surface area contributed by atoms with Crippen LogP contribution in [0.1, 0.15) is 34.3 Å². The van der Waals surface area contributed by atoms with Gasteiger partial charge in [0, 0.05) is 35.4 Å². The van der Waals surface area contributed by atoms with E-state index in [0.717, 1.165) is 50.2 Å². The first kappa shape index (κ1) is 20.9. The number of nitrogens with one attached hydrogen (secondary N) is 1. The third-order valence-corrected chi connectivity index (χ3v) is 4.87. The first-order chi connectivity index (χ1) is 13.7. The van der Waals surface area contributed by atoms with Gasteiger partial charge in [0.15, 0.2) is 0 Å². The molecule has 2 aromatic rings. The number of anilines is 1. The number of hydrogen-bond donors (Lipinski definition) is 1. The van der Waals surface area contributed by atoms with Crippen LogP contribution in [0.5, 0.6) is 0 Å². The van der Waals surface area contributed by atoms with E-state index in [-0.39, 0.29) is 16.5 Å². The lowest BCUT2D eigenvalue weighted by Gasteiger charge is -2.15. The molecule has 4 nitrogen and oxygen atoms in total. The minimum Gasteiger partial charge on any atom is -0.339 e. The molecule has 0 atom stereocenters. The fraction of sp³-hybridized carbons (Fsp3) is 0.238. The summed E-state index contributed by atoms with van der Waals surface area (Å²) >= 11 is 5.90. The molecule has 2 aromatic carbocycles. The molecule has 0 radical (unpaired) electrons. The molecule has 0 unspecified atom stereocenters. The Bertz CT molecular complexity index is 934. The van der Waals surface area contributed by atoms with Crippen molar-refractivity contribution in [2.75, 3.05) is 18.4 Å². The van der Waals surface area contributed by atoms with Gasteiger partial charge in [0.2, 0.25) is 5.91 Å². The van der Waals surface area contributed by atoms with Crippen molar-refractivity contribution in [3.05, 3.63) is 70.3 Å². The van der Waals surface area contributed by atoms with Crippen LogP contribution >= 0.6 is 11.6 Å². The SMILES string of the molecule is O=C(/C=C/c1cc(C(F)(F)F)ccc1Cl)Nc1ccc(C(=O)N2CCCC2)cc1. The summed E-state index contributed by atoms with van der Waals surface area (Å²) in [5.74, 6) is -0.573. The highest BCUT2D eigenvalue weighted by Gasteiger charge is 2.30. The molecule has 0 aliphatic carbocycles. The number of hydrogen-bond acceptors (Lipinski definition) is 2. The summed E-state index contributed by atoms with van der Waals surface area (Å²) in [5, 5.41) is 2.70. The maximum atomic E-state index is 12.8. The Morgan fingerprint density at radius 2 is 1.69 bits per heavy atom. The Labute approximate surface area is 171 Å². The number of likely N-dealkylation sites (tertiary alicyclic amines) is 1. The van der Waals surface area contributed by atoms with E-state index in [4.69, 9.17) is 11.6 Å². The predicted molar refractivity (Wildman–Crippen MR) is 106 cm³/mol. The van der Waals surface area contributed by atoms with Gasteiger partial charge in [-0.05, 0) is 66.9 Å². The van der Waals surface area contributed by atoms with E-state index < -0.39 is 17.6 Å². The van der Waals surface area contributed by atoms with Gasteiger partial charge in [-0.3, -0.25) is 9.59 Å². The first-order valence-electron chi connectivity index (χ1n) is 8.99. The normalized spacial score (nSPS) is 14.4. The number of carbonyl (C=O) groups excluding carboxylic acids is 2. The molecule has 1 heterocycles. The Morgan fingerprint density at radius 3 is 2.31 bits per heavy atom. The maximum Gasteiger partial charge on any atom is 0.416 e. The van der Waals surface area contributed by atoms with Gasteiger partial charge in [0.25, 0.3) is 5.91 Å². The number of benzene rings is 2. The third kappa shape index (κ3) is 5.38. The number of nitrogens with zero attached hydrogens (tertiary/aromatic N) is 1. The second kappa shape index (κ2) is 8.69. The van der Waals surface area contributed by atoms with Crippen LogP contribution < -0.4 is 5.32 Å². The van der Waals surface area contributed by atoms with Gasteiger partial charge >= 0.3 is 6.18 Å². The van der Waals surface area contributed by atoms with Crippen LogP contribution in [-0.2, 0) is 11.0 Å². The van der Waals surface area contributed by atoms with E-state index in [1.807, 2.05) is 0 Å². The van der Waals surface area contributed by atoms with Crippen molar-refractivity contribution in [1.29, 1.82) is 0 Å². The van der Waals surface area contributed by atoms with Gasteiger partial charge < -0.3 is 10.2 Å². The monoisotopic (exact) mass is 422 g/mol. The summed E-state index contributed by atoms with van der Waals surface area (Å²) in [4.78, 5) is 26.2. The molecule has 2 amide bonds. The predicted octanol–water partition coefficient (Wildman–Crippen LogP) is 5.25. The number of rotatable bonds is 4. The van der Waals surface area contributed by atoms with Gasteiger partial charge in [0.05, 0.1) is 5.56 Å². The zero-order valence-corrected chi connectivity index (χ0v) is 16.1. The molecule has 0 aromatic heterocycles. The van der Waals surface area contributed by atoms with Gasteiger partial charge in [-0.25, -0.2) is 0 Å². The molecule has 29 heavy (non-hydrogen) atoms. The third-order valence-electron chi connectivity index (χ3n) is 4.53. The van der Waals surface area contributed by atoms with Gasteiger partial charge in [0.1, 0.15) is 0 Å². The molecule has 0 bridgehead atoms. The molecule has 8 heteroatoms. The smallest absolute Gasteiger partial charge is 0.339 e. The lowest BCUT2D eigenvalue weighted by atomic mass is 10.1. The summed E-state index contributed by atoms with van der Waals surface area (Å²) in [6, 6.07) is 9.36. The van der Waals surface area contributed by atoms with E-state index in [1.54, 1.807) is 29.2 Å². The molecule has 1 N–H and O–H groups in total. The van der Waals surface area contributed by atoms with Crippen LogP contribution in [0.15, 0.2) is 48.5 Å². The van der Waals surface area contributed by atoms with Gasteiger partial charge in [-0.2, -0.15) is 13.2 Å². The fourth-order valence-corrected chi connectivity index (χ4v) is 3.18. The first-order valence-corrected chi connectivity index (χ1v) is 9.37. The van der Waals surface area contributed by atoms with Crippen LogP contribution in [0.4, 0.5) is 18.9 Å². The average Bonchev–Trinajstić information content (AvgIpc) is 3.21. The second-order valence-corrected chi connectivity index (χ2v) is 7.04. The van der Waals surface area contributed by atoms with Gasteiger partial charge in [-0.15, -0.1) is 0 Å². The second-order valence-electron chi connectivity index (χ2n) is 6.63. The Morgan fingerprint density at radius 1 is 1.03 bits per heavy atom. The van der Waals surface area contributed by atoms with Crippen LogP contribution in [0.25, 0.3) is 6.08 Å². The summed E-state index contributed by atoms with van der Waals surface area (Å²) in [6.45, 7) is 1.50. The summed E-state index contributed by atoms with van der Waals surface area (Å²) < 4.78 is 38.4. The molecule has 1 fully saturated rings. The maximum absolute atomic E-state index is 12.8. The lowest BCUT2D eigenvalue weighted by Crippen LogP contribution is -2.27. The summed E-state index contributed by atoms with van der Waals surface area (Å²) in [6.07, 6.45) is -0.170. The van der Waals surface area contributed by atoms with Crippen molar-refractivity contribution in [1.82, 2.24) is 4.90 Å². The van der Waals surface area contributed by atoms with E-state index in [1.165, 1.54) is 6.08 Å². The van der Waals surface area contributed by atoms with Crippen molar-refractivity contribution in [2.45, 2.75) is 19.0 Å². The number of amides is 2. The molecule has 1 aliphatic rings. The lowest BCUT2D eigenvalue weighted by molar-refractivity contribution is -0.137. The van der Waals surface area contributed by atoms with Crippen molar-refractivity contribution in [3.8, 4) is 0 Å². The number of carbonyl (C=O) groups is 2. The van der Waals surface area contributed by atoms with Crippen molar-refractivity contribution >= 4 is 35.2 Å². The molecular weight excluding hydrogens is 405 g/mol. The highest BCUT2D eigenvalue weighted by molar-refractivity contribution is 6.32. The highest BCUT2D eigenvalue weighted by Crippen LogP contribution is 2.32. The van der Waals surface area contributed by atoms with E-state index in [2.05, 4.69) is 5.32 Å². The minimum absolute atomic E-state index is 0.0422.